The van der Waals surface area contributed by atoms with Gasteiger partial charge in [0.1, 0.15) is 10.6 Å². The maximum absolute atomic E-state index is 6.28. The third-order valence-corrected chi connectivity index (χ3v) is 6.31. The molecule has 1 aromatic carbocycles. The lowest BCUT2D eigenvalue weighted by atomic mass is 10.2. The first-order chi connectivity index (χ1) is 14.8. The van der Waals surface area contributed by atoms with Gasteiger partial charge in [0.15, 0.2) is 5.82 Å². The Hall–Kier alpha value is -3.65. The fourth-order valence-corrected chi connectivity index (χ4v) is 4.99. The first-order valence-corrected chi connectivity index (χ1v) is 10.4. The summed E-state index contributed by atoms with van der Waals surface area (Å²) < 4.78 is 11.5. The van der Waals surface area contributed by atoms with Crippen LogP contribution < -0.4 is 4.74 Å². The molecule has 1 aliphatic rings. The van der Waals surface area contributed by atoms with E-state index in [1.165, 1.54) is 23.3 Å². The largest absolute Gasteiger partial charge is 0.438 e. The molecule has 0 aliphatic heterocycles. The van der Waals surface area contributed by atoms with E-state index in [-0.39, 0.29) is 0 Å². The SMILES string of the molecule is c1cncc(-c2nc(Oc3ccc(-c4nnco4)cc3)c3c4c(sc3n2)CCC4)c1. The number of nitrogens with zero attached hydrogens (tertiary/aromatic N) is 5. The van der Waals surface area contributed by atoms with E-state index in [0.717, 1.165) is 34.2 Å². The van der Waals surface area contributed by atoms with Crippen LogP contribution in [0.3, 0.4) is 0 Å². The summed E-state index contributed by atoms with van der Waals surface area (Å²) in [6, 6.07) is 11.4. The van der Waals surface area contributed by atoms with Gasteiger partial charge in [0.05, 0.1) is 5.39 Å². The second-order valence-corrected chi connectivity index (χ2v) is 8.09. The van der Waals surface area contributed by atoms with E-state index in [4.69, 9.17) is 19.1 Å². The molecule has 7 nitrogen and oxygen atoms in total. The molecule has 0 unspecified atom stereocenters. The zero-order chi connectivity index (χ0) is 19.9. The van der Waals surface area contributed by atoms with E-state index in [9.17, 15) is 0 Å². The van der Waals surface area contributed by atoms with Gasteiger partial charge in [0.25, 0.3) is 0 Å². The molecule has 0 bridgehead atoms. The molecule has 0 atom stereocenters. The molecule has 5 aromatic rings. The third kappa shape index (κ3) is 2.93. The minimum Gasteiger partial charge on any atom is -0.438 e. The van der Waals surface area contributed by atoms with Crippen molar-refractivity contribution in [2.24, 2.45) is 0 Å². The lowest BCUT2D eigenvalue weighted by molar-refractivity contribution is 0.469. The lowest BCUT2D eigenvalue weighted by Crippen LogP contribution is -1.96. The zero-order valence-electron chi connectivity index (χ0n) is 15.8. The Morgan fingerprint density at radius 2 is 1.93 bits per heavy atom. The predicted molar refractivity (Wildman–Crippen MR) is 112 cm³/mol. The Bertz CT molecular complexity index is 1330. The van der Waals surface area contributed by atoms with Gasteiger partial charge in [-0.1, -0.05) is 0 Å². The number of aryl methyl sites for hydroxylation is 2. The molecule has 0 saturated heterocycles. The van der Waals surface area contributed by atoms with E-state index >= 15 is 0 Å². The molecular weight excluding hydrogens is 398 g/mol. The van der Waals surface area contributed by atoms with Crippen LogP contribution in [0.1, 0.15) is 16.9 Å². The van der Waals surface area contributed by atoms with Crippen molar-refractivity contribution in [1.29, 1.82) is 0 Å². The number of benzene rings is 1. The highest BCUT2D eigenvalue weighted by Gasteiger charge is 2.24. The summed E-state index contributed by atoms with van der Waals surface area (Å²) in [5.41, 5.74) is 3.02. The molecule has 8 heteroatoms. The first-order valence-electron chi connectivity index (χ1n) is 9.62. The van der Waals surface area contributed by atoms with Gasteiger partial charge in [0.2, 0.25) is 18.2 Å². The number of thiophene rings is 1. The highest BCUT2D eigenvalue weighted by Crippen LogP contribution is 2.42. The summed E-state index contributed by atoms with van der Waals surface area (Å²) in [6.07, 6.45) is 8.12. The molecule has 4 heterocycles. The van der Waals surface area contributed by atoms with Crippen LogP contribution in [0.15, 0.2) is 59.6 Å². The van der Waals surface area contributed by atoms with Crippen molar-refractivity contribution in [1.82, 2.24) is 25.1 Å². The maximum Gasteiger partial charge on any atom is 0.247 e. The molecule has 1 aliphatic carbocycles. The van der Waals surface area contributed by atoms with Gasteiger partial charge in [-0.3, -0.25) is 4.98 Å². The summed E-state index contributed by atoms with van der Waals surface area (Å²) in [7, 11) is 0. The molecule has 6 rings (SSSR count). The van der Waals surface area contributed by atoms with Crippen LogP contribution in [0, 0.1) is 0 Å². The number of rotatable bonds is 4. The minimum atomic E-state index is 0.473. The maximum atomic E-state index is 6.28. The van der Waals surface area contributed by atoms with Gasteiger partial charge in [-0.05, 0) is 61.2 Å². The Labute approximate surface area is 175 Å². The normalized spacial score (nSPS) is 12.9. The van der Waals surface area contributed by atoms with Crippen molar-refractivity contribution in [3.05, 3.63) is 65.6 Å². The molecular formula is C22H15N5O2S. The molecule has 0 saturated carbocycles. The van der Waals surface area contributed by atoms with Crippen molar-refractivity contribution in [2.75, 3.05) is 0 Å². The van der Waals surface area contributed by atoms with E-state index in [1.54, 1.807) is 23.7 Å². The Morgan fingerprint density at radius 1 is 1.00 bits per heavy atom. The summed E-state index contributed by atoms with van der Waals surface area (Å²) in [5.74, 6) is 2.37. The number of aromatic nitrogens is 5. The Morgan fingerprint density at radius 3 is 2.73 bits per heavy atom. The van der Waals surface area contributed by atoms with Crippen molar-refractivity contribution in [2.45, 2.75) is 19.3 Å². The number of hydrogen-bond donors (Lipinski definition) is 0. The first kappa shape index (κ1) is 17.2. The number of ether oxygens (including phenoxy) is 1. The summed E-state index contributed by atoms with van der Waals surface area (Å²) in [5, 5.41) is 8.68. The highest BCUT2D eigenvalue weighted by molar-refractivity contribution is 7.19. The van der Waals surface area contributed by atoms with Crippen molar-refractivity contribution >= 4 is 21.6 Å². The molecule has 0 fully saturated rings. The van der Waals surface area contributed by atoms with E-state index in [0.29, 0.717) is 23.3 Å². The number of fused-ring (bicyclic) bond motifs is 3. The van der Waals surface area contributed by atoms with Gasteiger partial charge in [-0.15, -0.1) is 21.5 Å². The molecule has 4 aromatic heterocycles. The summed E-state index contributed by atoms with van der Waals surface area (Å²) in [6.45, 7) is 0. The van der Waals surface area contributed by atoms with Crippen LogP contribution in [0.2, 0.25) is 0 Å². The minimum absolute atomic E-state index is 0.473. The third-order valence-electron chi connectivity index (χ3n) is 5.13. The van der Waals surface area contributed by atoms with E-state index < -0.39 is 0 Å². The second-order valence-electron chi connectivity index (χ2n) is 7.00. The Balaban J connectivity index is 1.44. The van der Waals surface area contributed by atoms with Crippen LogP contribution in [0.25, 0.3) is 33.1 Å². The summed E-state index contributed by atoms with van der Waals surface area (Å²) in [4.78, 5) is 16.2. The van der Waals surface area contributed by atoms with Gasteiger partial charge in [-0.25, -0.2) is 4.98 Å². The topological polar surface area (TPSA) is 86.8 Å². The number of pyridine rings is 1. The smallest absolute Gasteiger partial charge is 0.247 e. The van der Waals surface area contributed by atoms with Crippen LogP contribution in [0.4, 0.5) is 0 Å². The van der Waals surface area contributed by atoms with Crippen molar-refractivity contribution in [3.8, 4) is 34.5 Å². The van der Waals surface area contributed by atoms with Crippen LogP contribution >= 0.6 is 11.3 Å². The Kier molecular flexibility index (Phi) is 4.02. The lowest BCUT2D eigenvalue weighted by Gasteiger charge is -2.09. The standard InChI is InChI=1S/C22H15N5O2S/c1-4-16-17(5-1)30-22-18(16)21(25-19(26-22)14-3-2-10-23-11-14)29-15-8-6-13(7-9-15)20-27-24-12-28-20/h2-3,6-12H,1,4-5H2. The van der Waals surface area contributed by atoms with Crippen molar-refractivity contribution in [3.63, 3.8) is 0 Å². The quantitative estimate of drug-likeness (QED) is 0.406. The molecule has 0 amide bonds. The molecule has 146 valence electrons. The second kappa shape index (κ2) is 7.00. The van der Waals surface area contributed by atoms with Gasteiger partial charge < -0.3 is 9.15 Å². The average Bonchev–Trinajstić information content (AvgIpc) is 3.52. The zero-order valence-corrected chi connectivity index (χ0v) is 16.6. The predicted octanol–water partition coefficient (Wildman–Crippen LogP) is 5.08. The molecule has 0 radical (unpaired) electrons. The van der Waals surface area contributed by atoms with Crippen LogP contribution in [-0.4, -0.2) is 25.1 Å². The van der Waals surface area contributed by atoms with Crippen molar-refractivity contribution < 1.29 is 9.15 Å². The summed E-state index contributed by atoms with van der Waals surface area (Å²) >= 11 is 1.74. The monoisotopic (exact) mass is 413 g/mol. The van der Waals surface area contributed by atoms with Gasteiger partial charge >= 0.3 is 0 Å². The highest BCUT2D eigenvalue weighted by atomic mass is 32.1. The van der Waals surface area contributed by atoms with E-state index in [1.807, 2.05) is 36.4 Å². The molecule has 0 N–H and O–H groups in total. The average molecular weight is 413 g/mol. The fraction of sp³-hybridized carbons (Fsp3) is 0.136. The van der Waals surface area contributed by atoms with Gasteiger partial charge in [0, 0.05) is 28.4 Å². The van der Waals surface area contributed by atoms with E-state index in [2.05, 4.69) is 15.2 Å². The fourth-order valence-electron chi connectivity index (χ4n) is 3.74. The van der Waals surface area contributed by atoms with Gasteiger partial charge in [-0.2, -0.15) is 4.98 Å². The van der Waals surface area contributed by atoms with Crippen LogP contribution in [-0.2, 0) is 12.8 Å². The van der Waals surface area contributed by atoms with Crippen LogP contribution in [0.5, 0.6) is 11.6 Å². The molecule has 0 spiro atoms. The molecule has 30 heavy (non-hydrogen) atoms. The number of hydrogen-bond acceptors (Lipinski definition) is 8.